The molecule has 0 spiro atoms. The first-order valence-electron chi connectivity index (χ1n) is 8.10. The van der Waals surface area contributed by atoms with Crippen LogP contribution in [-0.4, -0.2) is 37.5 Å². The molecule has 1 aromatic rings. The van der Waals surface area contributed by atoms with E-state index >= 15 is 0 Å². The van der Waals surface area contributed by atoms with Crippen LogP contribution in [-0.2, 0) is 14.3 Å². The number of esters is 1. The topological polar surface area (TPSA) is 42.0 Å². The second kappa shape index (κ2) is 8.02. The van der Waals surface area contributed by atoms with Gasteiger partial charge in [-0.1, -0.05) is 24.3 Å². The van der Waals surface area contributed by atoms with Gasteiger partial charge in [-0.3, -0.25) is 0 Å². The summed E-state index contributed by atoms with van der Waals surface area (Å²) < 4.78 is 10.7. The van der Waals surface area contributed by atoms with Crippen molar-refractivity contribution in [3.63, 3.8) is 0 Å². The van der Waals surface area contributed by atoms with Gasteiger partial charge in [0.1, 0.15) is 0 Å². The Morgan fingerprint density at radius 1 is 1.25 bits per heavy atom. The number of nitrogens with zero attached hydrogens (tertiary/aromatic N) is 2. The Morgan fingerprint density at radius 2 is 1.92 bits per heavy atom. The van der Waals surface area contributed by atoms with E-state index in [4.69, 9.17) is 9.47 Å². The third kappa shape index (κ3) is 3.97. The van der Waals surface area contributed by atoms with Gasteiger partial charge in [0, 0.05) is 32.1 Å². The normalized spacial score (nSPS) is 16.6. The van der Waals surface area contributed by atoms with Gasteiger partial charge in [0.2, 0.25) is 6.35 Å². The highest BCUT2D eigenvalue weighted by Gasteiger charge is 2.28. The zero-order valence-corrected chi connectivity index (χ0v) is 14.9. The smallest absolute Gasteiger partial charge is 0.330 e. The van der Waals surface area contributed by atoms with Gasteiger partial charge in [-0.2, -0.15) is 0 Å². The van der Waals surface area contributed by atoms with Crippen LogP contribution in [0.5, 0.6) is 0 Å². The number of hydrogen-bond donors (Lipinski definition) is 0. The Kier molecular flexibility index (Phi) is 6.04. The molecule has 0 fully saturated rings. The fraction of sp³-hybridized carbons (Fsp3) is 0.421. The molecule has 0 N–H and O–H groups in total. The molecule has 5 nitrogen and oxygen atoms in total. The summed E-state index contributed by atoms with van der Waals surface area (Å²) in [5.74, 6) is -0.386. The fourth-order valence-corrected chi connectivity index (χ4v) is 3.14. The molecule has 0 bridgehead atoms. The Balaban J connectivity index is 2.04. The molecule has 0 aliphatic carbocycles. The Bertz CT molecular complexity index is 616. The van der Waals surface area contributed by atoms with Crippen LogP contribution in [0.1, 0.15) is 23.1 Å². The molecular weight excluding hydrogens is 304 g/mol. The van der Waals surface area contributed by atoms with Crippen molar-refractivity contribution in [1.29, 1.82) is 0 Å². The van der Waals surface area contributed by atoms with Crippen molar-refractivity contribution < 1.29 is 14.3 Å². The average Bonchev–Trinajstić information content (AvgIpc) is 2.92. The van der Waals surface area contributed by atoms with Crippen molar-refractivity contribution in [2.24, 2.45) is 0 Å². The quantitative estimate of drug-likeness (QED) is 0.436. The second-order valence-electron chi connectivity index (χ2n) is 5.98. The van der Waals surface area contributed by atoms with Crippen LogP contribution in [0, 0.1) is 20.8 Å². The number of carbonyl (C=O) groups excluding carboxylic acids is 1. The Labute approximate surface area is 144 Å². The summed E-state index contributed by atoms with van der Waals surface area (Å²) in [5, 5.41) is 0. The summed E-state index contributed by atoms with van der Waals surface area (Å²) in [7, 11) is 1.70. The molecule has 1 unspecified atom stereocenters. The maximum Gasteiger partial charge on any atom is 0.330 e. The molecule has 0 saturated carbocycles. The molecule has 1 atom stereocenters. The van der Waals surface area contributed by atoms with Crippen LogP contribution in [0.3, 0.4) is 0 Å². The molecule has 2 rings (SSSR count). The summed E-state index contributed by atoms with van der Waals surface area (Å²) >= 11 is 0. The highest BCUT2D eigenvalue weighted by molar-refractivity contribution is 5.81. The van der Waals surface area contributed by atoms with Gasteiger partial charge in [0.05, 0.1) is 12.3 Å². The third-order valence-electron chi connectivity index (χ3n) is 4.02. The first-order chi connectivity index (χ1) is 11.5. The van der Waals surface area contributed by atoms with Gasteiger partial charge in [-0.25, -0.2) is 4.79 Å². The highest BCUT2D eigenvalue weighted by Crippen LogP contribution is 2.32. The monoisotopic (exact) mass is 330 g/mol. The molecule has 0 radical (unpaired) electrons. The van der Waals surface area contributed by atoms with Crippen LogP contribution in [0.15, 0.2) is 37.2 Å². The standard InChI is InChI=1S/C19H26N2O3/c1-6-17(22)24-11-7-8-20-9-10-21(19(20)23-5)18-15(3)12-14(2)13-16(18)4/h6,9-10,12-13,19H,1,7-8,11H2,2-5H3. The molecule has 1 aliphatic heterocycles. The molecule has 1 aliphatic rings. The molecule has 1 heterocycles. The van der Waals surface area contributed by atoms with E-state index in [-0.39, 0.29) is 12.3 Å². The van der Waals surface area contributed by atoms with Gasteiger partial charge in [-0.15, -0.1) is 0 Å². The fourth-order valence-electron chi connectivity index (χ4n) is 3.14. The molecule has 0 aromatic heterocycles. The Morgan fingerprint density at radius 3 is 2.50 bits per heavy atom. The van der Waals surface area contributed by atoms with Crippen molar-refractivity contribution in [3.05, 3.63) is 53.9 Å². The maximum atomic E-state index is 11.1. The number of benzene rings is 1. The van der Waals surface area contributed by atoms with Gasteiger partial charge in [-0.05, 0) is 38.3 Å². The van der Waals surface area contributed by atoms with E-state index in [1.807, 2.05) is 12.4 Å². The maximum absolute atomic E-state index is 11.1. The first kappa shape index (κ1) is 18.1. The van der Waals surface area contributed by atoms with Crippen LogP contribution in [0.4, 0.5) is 5.69 Å². The summed E-state index contributed by atoms with van der Waals surface area (Å²) in [6.45, 7) is 10.8. The summed E-state index contributed by atoms with van der Waals surface area (Å²) in [6.07, 6.45) is 5.76. The number of ether oxygens (including phenoxy) is 2. The van der Waals surface area contributed by atoms with Crippen molar-refractivity contribution in [3.8, 4) is 0 Å². The summed E-state index contributed by atoms with van der Waals surface area (Å²) in [4.78, 5) is 15.3. The lowest BCUT2D eigenvalue weighted by atomic mass is 10.0. The van der Waals surface area contributed by atoms with E-state index in [0.29, 0.717) is 6.61 Å². The van der Waals surface area contributed by atoms with E-state index < -0.39 is 0 Å². The largest absolute Gasteiger partial charge is 0.462 e. The minimum Gasteiger partial charge on any atom is -0.462 e. The number of aryl methyl sites for hydroxylation is 3. The molecule has 0 saturated heterocycles. The first-order valence-corrected chi connectivity index (χ1v) is 8.10. The number of methoxy groups -OCH3 is 1. The van der Waals surface area contributed by atoms with Crippen LogP contribution >= 0.6 is 0 Å². The lowest BCUT2D eigenvalue weighted by Crippen LogP contribution is -2.41. The summed E-state index contributed by atoms with van der Waals surface area (Å²) in [6, 6.07) is 4.36. The molecular formula is C19H26N2O3. The Hall–Kier alpha value is -2.27. The SMILES string of the molecule is C=CC(=O)OCCCN1C=CN(c2c(C)cc(C)cc2C)C1OC. The van der Waals surface area contributed by atoms with Crippen molar-refractivity contribution in [2.45, 2.75) is 33.5 Å². The van der Waals surface area contributed by atoms with Gasteiger partial charge in [0.25, 0.3) is 0 Å². The number of hydrogen-bond acceptors (Lipinski definition) is 5. The molecule has 24 heavy (non-hydrogen) atoms. The number of anilines is 1. The number of carbonyl (C=O) groups is 1. The van der Waals surface area contributed by atoms with Crippen molar-refractivity contribution in [1.82, 2.24) is 4.90 Å². The lowest BCUT2D eigenvalue weighted by Gasteiger charge is -2.33. The van der Waals surface area contributed by atoms with E-state index in [9.17, 15) is 4.79 Å². The molecule has 0 amide bonds. The average molecular weight is 330 g/mol. The van der Waals surface area contributed by atoms with Gasteiger partial charge in [0.15, 0.2) is 0 Å². The van der Waals surface area contributed by atoms with Crippen LogP contribution in [0.2, 0.25) is 0 Å². The predicted molar refractivity (Wildman–Crippen MR) is 95.5 cm³/mol. The van der Waals surface area contributed by atoms with E-state index in [1.165, 1.54) is 28.5 Å². The predicted octanol–water partition coefficient (Wildman–Crippen LogP) is 3.25. The summed E-state index contributed by atoms with van der Waals surface area (Å²) in [5.41, 5.74) is 4.87. The van der Waals surface area contributed by atoms with Gasteiger partial charge >= 0.3 is 5.97 Å². The highest BCUT2D eigenvalue weighted by atomic mass is 16.5. The zero-order chi connectivity index (χ0) is 17.7. The minimum absolute atomic E-state index is 0.194. The van der Waals surface area contributed by atoms with E-state index in [0.717, 1.165) is 13.0 Å². The molecule has 130 valence electrons. The zero-order valence-electron chi connectivity index (χ0n) is 14.9. The van der Waals surface area contributed by atoms with E-state index in [2.05, 4.69) is 49.3 Å². The number of rotatable bonds is 7. The van der Waals surface area contributed by atoms with Crippen molar-refractivity contribution in [2.75, 3.05) is 25.2 Å². The van der Waals surface area contributed by atoms with E-state index in [1.54, 1.807) is 7.11 Å². The van der Waals surface area contributed by atoms with Crippen LogP contribution < -0.4 is 4.90 Å². The second-order valence-corrected chi connectivity index (χ2v) is 5.98. The lowest BCUT2D eigenvalue weighted by molar-refractivity contribution is -0.137. The van der Waals surface area contributed by atoms with Crippen LogP contribution in [0.25, 0.3) is 0 Å². The molecule has 5 heteroatoms. The third-order valence-corrected chi connectivity index (χ3v) is 4.02. The minimum atomic E-state index is -0.386. The molecule has 1 aromatic carbocycles. The van der Waals surface area contributed by atoms with Crippen molar-refractivity contribution >= 4 is 11.7 Å². The van der Waals surface area contributed by atoms with Gasteiger partial charge < -0.3 is 19.3 Å².